The Morgan fingerprint density at radius 2 is 1.97 bits per heavy atom. The molecule has 0 radical (unpaired) electrons. The van der Waals surface area contributed by atoms with Crippen molar-refractivity contribution in [2.24, 2.45) is 0 Å². The maximum absolute atomic E-state index is 14.9. The molecule has 0 aliphatic carbocycles. The molecule has 11 heteroatoms. The van der Waals surface area contributed by atoms with Crippen molar-refractivity contribution in [3.63, 3.8) is 0 Å². The van der Waals surface area contributed by atoms with Gasteiger partial charge in [-0.3, -0.25) is 9.13 Å². The van der Waals surface area contributed by atoms with Gasteiger partial charge in [-0.1, -0.05) is 6.07 Å². The molecule has 3 aromatic heterocycles. The van der Waals surface area contributed by atoms with Gasteiger partial charge in [0.1, 0.15) is 5.82 Å². The lowest BCUT2D eigenvalue weighted by molar-refractivity contribution is 0.116. The van der Waals surface area contributed by atoms with E-state index < -0.39 is 18.1 Å². The molecule has 33 heavy (non-hydrogen) atoms. The lowest BCUT2D eigenvalue weighted by atomic mass is 10.1. The third kappa shape index (κ3) is 3.92. The number of halogens is 3. The van der Waals surface area contributed by atoms with E-state index in [2.05, 4.69) is 27.1 Å². The van der Waals surface area contributed by atoms with Crippen LogP contribution in [0.5, 0.6) is 0 Å². The summed E-state index contributed by atoms with van der Waals surface area (Å²) in [5, 5.41) is 6.80. The number of benzene rings is 1. The summed E-state index contributed by atoms with van der Waals surface area (Å²) in [7, 11) is 2.05. The summed E-state index contributed by atoms with van der Waals surface area (Å²) in [6.45, 7) is 1.76. The van der Waals surface area contributed by atoms with Crippen LogP contribution in [0.15, 0.2) is 45.7 Å². The molecule has 0 atom stereocenters. The topological polar surface area (TPSA) is 82.0 Å². The van der Waals surface area contributed by atoms with Crippen LogP contribution in [0.4, 0.5) is 13.2 Å². The van der Waals surface area contributed by atoms with Gasteiger partial charge in [-0.2, -0.15) is 8.78 Å². The van der Waals surface area contributed by atoms with Crippen LogP contribution < -0.4 is 5.69 Å². The molecule has 0 unspecified atom stereocenters. The van der Waals surface area contributed by atoms with Crippen molar-refractivity contribution < 1.29 is 17.6 Å². The minimum absolute atomic E-state index is 0.0236. The number of piperidine rings is 1. The van der Waals surface area contributed by atoms with Gasteiger partial charge >= 0.3 is 12.1 Å². The number of imidazole rings is 1. The van der Waals surface area contributed by atoms with Crippen molar-refractivity contribution in [3.8, 4) is 11.5 Å². The number of pyridine rings is 1. The highest BCUT2D eigenvalue weighted by Gasteiger charge is 2.25. The number of nitrogens with zero attached hydrogens (tertiary/aromatic N) is 6. The zero-order valence-corrected chi connectivity index (χ0v) is 17.8. The summed E-state index contributed by atoms with van der Waals surface area (Å²) in [6, 6.07) is 7.79. The smallest absolute Gasteiger partial charge is 0.330 e. The lowest BCUT2D eigenvalue weighted by Gasteiger charge is -2.29. The molecular weight excluding hydrogens is 437 g/mol. The molecule has 0 amide bonds. The Balaban J connectivity index is 1.49. The van der Waals surface area contributed by atoms with E-state index in [0.717, 1.165) is 37.5 Å². The van der Waals surface area contributed by atoms with Gasteiger partial charge in [0, 0.05) is 23.4 Å². The number of alkyl halides is 2. The minimum Gasteiger partial charge on any atom is -0.415 e. The summed E-state index contributed by atoms with van der Waals surface area (Å²) in [4.78, 5) is 20.0. The Labute approximate surface area is 186 Å². The van der Waals surface area contributed by atoms with Crippen molar-refractivity contribution in [1.29, 1.82) is 0 Å². The first kappa shape index (κ1) is 21.4. The average Bonchev–Trinajstić information content (AvgIpc) is 3.40. The first-order chi connectivity index (χ1) is 15.9. The molecule has 1 aliphatic rings. The van der Waals surface area contributed by atoms with Crippen molar-refractivity contribution in [2.45, 2.75) is 31.9 Å². The Morgan fingerprint density at radius 3 is 2.67 bits per heavy atom. The van der Waals surface area contributed by atoms with Gasteiger partial charge in [-0.15, -0.1) is 10.2 Å². The summed E-state index contributed by atoms with van der Waals surface area (Å²) in [6.07, 6.45) is 0.389. The van der Waals surface area contributed by atoms with Crippen molar-refractivity contribution in [2.75, 3.05) is 20.1 Å². The first-order valence-corrected chi connectivity index (χ1v) is 10.6. The van der Waals surface area contributed by atoms with Gasteiger partial charge < -0.3 is 9.32 Å². The SMILES string of the molecule is CN1CCC(n2c(=O)n(Cc3ccc(-c4nnc(C(F)F)o4)cc3F)c3ncccc32)CC1. The van der Waals surface area contributed by atoms with Crippen LogP contribution in [0, 0.1) is 5.82 Å². The monoisotopic (exact) mass is 458 g/mol. The molecule has 4 aromatic rings. The third-order valence-corrected chi connectivity index (χ3v) is 6.03. The van der Waals surface area contributed by atoms with Gasteiger partial charge in [0.05, 0.1) is 12.1 Å². The fourth-order valence-corrected chi connectivity index (χ4v) is 4.28. The van der Waals surface area contributed by atoms with Crippen molar-refractivity contribution >= 4 is 11.2 Å². The van der Waals surface area contributed by atoms with Crippen LogP contribution >= 0.6 is 0 Å². The van der Waals surface area contributed by atoms with Crippen LogP contribution in [0.1, 0.15) is 36.8 Å². The second kappa shape index (κ2) is 8.47. The Kier molecular flexibility index (Phi) is 5.49. The molecule has 0 saturated carbocycles. The molecule has 0 spiro atoms. The number of hydrogen-bond acceptors (Lipinski definition) is 6. The molecule has 1 fully saturated rings. The average molecular weight is 458 g/mol. The number of likely N-dealkylation sites (tertiary alicyclic amines) is 1. The van der Waals surface area contributed by atoms with Gasteiger partial charge in [-0.25, -0.2) is 14.2 Å². The van der Waals surface area contributed by atoms with E-state index >= 15 is 0 Å². The maximum atomic E-state index is 14.9. The summed E-state index contributed by atoms with van der Waals surface area (Å²) in [5.74, 6) is -1.64. The largest absolute Gasteiger partial charge is 0.415 e. The lowest BCUT2D eigenvalue weighted by Crippen LogP contribution is -2.36. The molecule has 1 aliphatic heterocycles. The molecule has 172 valence electrons. The van der Waals surface area contributed by atoms with E-state index in [4.69, 9.17) is 4.42 Å². The van der Waals surface area contributed by atoms with Crippen molar-refractivity contribution in [1.82, 2.24) is 29.2 Å². The summed E-state index contributed by atoms with van der Waals surface area (Å²) in [5.41, 5.74) is 1.40. The predicted molar refractivity (Wildman–Crippen MR) is 114 cm³/mol. The molecule has 8 nitrogen and oxygen atoms in total. The number of fused-ring (bicyclic) bond motifs is 1. The first-order valence-electron chi connectivity index (χ1n) is 10.6. The van der Waals surface area contributed by atoms with Crippen molar-refractivity contribution in [3.05, 3.63) is 64.3 Å². The molecule has 0 bridgehead atoms. The van der Waals surface area contributed by atoms with E-state index in [-0.39, 0.29) is 35.3 Å². The molecule has 1 saturated heterocycles. The fourth-order valence-electron chi connectivity index (χ4n) is 4.28. The van der Waals surface area contributed by atoms with E-state index in [1.54, 1.807) is 16.8 Å². The van der Waals surface area contributed by atoms with Crippen LogP contribution in [-0.2, 0) is 6.54 Å². The summed E-state index contributed by atoms with van der Waals surface area (Å²) < 4.78 is 48.4. The Morgan fingerprint density at radius 1 is 1.18 bits per heavy atom. The molecular formula is C22H21F3N6O2. The predicted octanol–water partition coefficient (Wildman–Crippen LogP) is 3.64. The van der Waals surface area contributed by atoms with Crippen LogP contribution in [-0.4, -0.2) is 49.4 Å². The Hall–Kier alpha value is -3.47. The normalized spacial score (nSPS) is 15.7. The van der Waals surface area contributed by atoms with Gasteiger partial charge in [0.15, 0.2) is 5.65 Å². The van der Waals surface area contributed by atoms with E-state index in [9.17, 15) is 18.0 Å². The zero-order chi connectivity index (χ0) is 23.1. The maximum Gasteiger partial charge on any atom is 0.330 e. The second-order valence-corrected chi connectivity index (χ2v) is 8.17. The Bertz CT molecular complexity index is 1350. The van der Waals surface area contributed by atoms with E-state index in [1.807, 2.05) is 6.07 Å². The van der Waals surface area contributed by atoms with Gasteiger partial charge in [0.25, 0.3) is 5.89 Å². The molecule has 5 rings (SSSR count). The number of hydrogen-bond donors (Lipinski definition) is 0. The quantitative estimate of drug-likeness (QED) is 0.454. The molecule has 0 N–H and O–H groups in total. The van der Waals surface area contributed by atoms with Crippen LogP contribution in [0.3, 0.4) is 0 Å². The standard InChI is InChI=1S/C22H21F3N6O2/c1-29-9-6-15(7-10-29)31-17-3-2-8-26-19(17)30(22(31)32)12-14-5-4-13(11-16(14)23)20-27-28-21(33-20)18(24)25/h2-5,8,11,15,18H,6-7,9-10,12H2,1H3. The molecule has 1 aromatic carbocycles. The second-order valence-electron chi connectivity index (χ2n) is 8.17. The van der Waals surface area contributed by atoms with E-state index in [1.165, 1.54) is 16.7 Å². The number of aromatic nitrogens is 5. The highest BCUT2D eigenvalue weighted by atomic mass is 19.3. The van der Waals surface area contributed by atoms with E-state index in [0.29, 0.717) is 5.65 Å². The fraction of sp³-hybridized carbons (Fsp3) is 0.364. The zero-order valence-electron chi connectivity index (χ0n) is 17.8. The third-order valence-electron chi connectivity index (χ3n) is 6.03. The summed E-state index contributed by atoms with van der Waals surface area (Å²) >= 11 is 0. The van der Waals surface area contributed by atoms with Gasteiger partial charge in [0.2, 0.25) is 5.89 Å². The van der Waals surface area contributed by atoms with Gasteiger partial charge in [-0.05, 0) is 57.2 Å². The van der Waals surface area contributed by atoms with Crippen LogP contribution in [0.2, 0.25) is 0 Å². The molecule has 4 heterocycles. The number of rotatable bonds is 5. The highest BCUT2D eigenvalue weighted by molar-refractivity contribution is 5.71. The highest BCUT2D eigenvalue weighted by Crippen LogP contribution is 2.27. The minimum atomic E-state index is -2.91. The van der Waals surface area contributed by atoms with Crippen LogP contribution in [0.25, 0.3) is 22.6 Å².